The van der Waals surface area contributed by atoms with Gasteiger partial charge in [-0.05, 0) is 48.4 Å². The normalized spacial score (nSPS) is 17.2. The van der Waals surface area contributed by atoms with Crippen molar-refractivity contribution in [2.75, 3.05) is 7.11 Å². The lowest BCUT2D eigenvalue weighted by molar-refractivity contribution is -0.122. The fourth-order valence-corrected chi connectivity index (χ4v) is 5.83. The van der Waals surface area contributed by atoms with Crippen molar-refractivity contribution in [2.45, 2.75) is 18.4 Å². The van der Waals surface area contributed by atoms with Crippen LogP contribution >= 0.6 is 34.8 Å². The third-order valence-corrected chi connectivity index (χ3v) is 7.26. The van der Waals surface area contributed by atoms with Crippen molar-refractivity contribution in [1.29, 1.82) is 0 Å². The Hall–Kier alpha value is -3.06. The lowest BCUT2D eigenvalue weighted by Crippen LogP contribution is -2.44. The van der Waals surface area contributed by atoms with Gasteiger partial charge in [0.25, 0.3) is 0 Å². The molecule has 1 aliphatic carbocycles. The van der Waals surface area contributed by atoms with E-state index in [0.717, 1.165) is 11.1 Å². The van der Waals surface area contributed by atoms with Gasteiger partial charge in [0, 0.05) is 46.0 Å². The van der Waals surface area contributed by atoms with E-state index in [1.807, 2.05) is 16.7 Å². The molecule has 1 aliphatic rings. The number of hydrogen-bond acceptors (Lipinski definition) is 3. The quantitative estimate of drug-likeness (QED) is 0.327. The highest BCUT2D eigenvalue weighted by Gasteiger charge is 2.49. The molecule has 0 aliphatic heterocycles. The van der Waals surface area contributed by atoms with Gasteiger partial charge in [-0.25, -0.2) is 4.39 Å². The van der Waals surface area contributed by atoms with E-state index in [1.54, 1.807) is 31.4 Å². The van der Waals surface area contributed by atoms with Crippen LogP contribution < -0.4 is 5.73 Å². The predicted molar refractivity (Wildman–Crippen MR) is 136 cm³/mol. The minimum absolute atomic E-state index is 0.171. The SMILES string of the molecule is COC1=CCC(C(N)=O)(c2c(Cl)cncc2Cl)c2c1n(Cc1ccc(F)cc1)c1ccc(Cl)cc21. The molecule has 2 aromatic heterocycles. The highest BCUT2D eigenvalue weighted by Crippen LogP contribution is 2.52. The Morgan fingerprint density at radius 3 is 2.43 bits per heavy atom. The number of amides is 1. The number of carbonyl (C=O) groups is 1. The zero-order chi connectivity index (χ0) is 24.9. The molecule has 2 aromatic carbocycles. The largest absolute Gasteiger partial charge is 0.495 e. The second-order valence-electron chi connectivity index (χ2n) is 8.32. The molecule has 0 bridgehead atoms. The van der Waals surface area contributed by atoms with Gasteiger partial charge in [-0.2, -0.15) is 0 Å². The first-order valence-electron chi connectivity index (χ1n) is 10.7. The van der Waals surface area contributed by atoms with Crippen LogP contribution in [0, 0.1) is 5.82 Å². The monoisotopic (exact) mass is 529 g/mol. The van der Waals surface area contributed by atoms with Gasteiger partial charge in [-0.15, -0.1) is 0 Å². The number of ether oxygens (including phenoxy) is 1. The number of allylic oxidation sites excluding steroid dienone is 1. The van der Waals surface area contributed by atoms with Crippen molar-refractivity contribution in [1.82, 2.24) is 9.55 Å². The van der Waals surface area contributed by atoms with Crippen molar-refractivity contribution < 1.29 is 13.9 Å². The molecule has 0 spiro atoms. The van der Waals surface area contributed by atoms with E-state index in [-0.39, 0.29) is 22.3 Å². The minimum atomic E-state index is -1.41. The fourth-order valence-electron chi connectivity index (χ4n) is 4.97. The molecule has 0 saturated heterocycles. The number of carbonyl (C=O) groups excluding carboxylic acids is 1. The average molecular weight is 531 g/mol. The molecular formula is C26H19Cl3FN3O2. The van der Waals surface area contributed by atoms with Crippen molar-refractivity contribution in [3.05, 3.63) is 104 Å². The number of nitrogens with two attached hydrogens (primary N) is 1. The molecule has 4 aromatic rings. The van der Waals surface area contributed by atoms with Crippen molar-refractivity contribution >= 4 is 57.4 Å². The molecule has 0 saturated carbocycles. The fraction of sp³-hybridized carbons (Fsp3) is 0.154. The van der Waals surface area contributed by atoms with Gasteiger partial charge in [0.2, 0.25) is 5.91 Å². The van der Waals surface area contributed by atoms with E-state index in [4.69, 9.17) is 45.3 Å². The Bertz CT molecular complexity index is 1490. The van der Waals surface area contributed by atoms with Crippen LogP contribution in [0.3, 0.4) is 0 Å². The van der Waals surface area contributed by atoms with Gasteiger partial charge in [0.05, 0.1) is 22.8 Å². The molecular weight excluding hydrogens is 512 g/mol. The Balaban J connectivity index is 1.91. The summed E-state index contributed by atoms with van der Waals surface area (Å²) in [7, 11) is 1.56. The Kier molecular flexibility index (Phi) is 5.99. The Labute approximate surface area is 215 Å². The summed E-state index contributed by atoms with van der Waals surface area (Å²) in [5, 5.41) is 1.63. The number of nitrogens with zero attached hydrogens (tertiary/aromatic N) is 2. The molecule has 0 radical (unpaired) electrons. The summed E-state index contributed by atoms with van der Waals surface area (Å²) in [6.07, 6.45) is 4.85. The molecule has 0 fully saturated rings. The zero-order valence-corrected chi connectivity index (χ0v) is 20.8. The maximum absolute atomic E-state index is 13.6. The molecule has 1 atom stereocenters. The maximum atomic E-state index is 13.6. The number of halogens is 4. The van der Waals surface area contributed by atoms with Crippen LogP contribution in [0.15, 0.2) is 60.9 Å². The first-order chi connectivity index (χ1) is 16.8. The Morgan fingerprint density at radius 1 is 1.11 bits per heavy atom. The van der Waals surface area contributed by atoms with E-state index in [9.17, 15) is 9.18 Å². The zero-order valence-electron chi connectivity index (χ0n) is 18.5. The van der Waals surface area contributed by atoms with Crippen LogP contribution in [0.4, 0.5) is 4.39 Å². The number of primary amides is 1. The summed E-state index contributed by atoms with van der Waals surface area (Å²) in [6.45, 7) is 0.376. The van der Waals surface area contributed by atoms with E-state index in [2.05, 4.69) is 4.98 Å². The molecule has 1 amide bonds. The van der Waals surface area contributed by atoms with Crippen molar-refractivity contribution in [2.24, 2.45) is 5.73 Å². The van der Waals surface area contributed by atoms with Crippen LogP contribution in [0.2, 0.25) is 15.1 Å². The number of hydrogen-bond donors (Lipinski definition) is 1. The Morgan fingerprint density at radius 2 is 1.80 bits per heavy atom. The number of rotatable bonds is 5. The molecule has 1 unspecified atom stereocenters. The molecule has 2 heterocycles. The maximum Gasteiger partial charge on any atom is 0.233 e. The molecule has 9 heteroatoms. The third-order valence-electron chi connectivity index (χ3n) is 6.45. The summed E-state index contributed by atoms with van der Waals surface area (Å²) in [5.74, 6) is -0.388. The molecule has 5 rings (SSSR count). The molecule has 5 nitrogen and oxygen atoms in total. The van der Waals surface area contributed by atoms with Crippen molar-refractivity contribution in [3.63, 3.8) is 0 Å². The van der Waals surface area contributed by atoms with Gasteiger partial charge in [0.15, 0.2) is 0 Å². The van der Waals surface area contributed by atoms with Crippen molar-refractivity contribution in [3.8, 4) is 0 Å². The van der Waals surface area contributed by atoms with Gasteiger partial charge in [-0.1, -0.05) is 46.9 Å². The van der Waals surface area contributed by atoms with Crippen LogP contribution in [0.25, 0.3) is 16.7 Å². The highest BCUT2D eigenvalue weighted by molar-refractivity contribution is 6.37. The van der Waals surface area contributed by atoms with Gasteiger partial charge >= 0.3 is 0 Å². The van der Waals surface area contributed by atoms with Crippen LogP contribution in [0.1, 0.15) is 28.8 Å². The smallest absolute Gasteiger partial charge is 0.233 e. The number of aromatic nitrogens is 2. The summed E-state index contributed by atoms with van der Waals surface area (Å²) >= 11 is 19.6. The second-order valence-corrected chi connectivity index (χ2v) is 9.57. The van der Waals surface area contributed by atoms with E-state index >= 15 is 0 Å². The molecule has 2 N–H and O–H groups in total. The first-order valence-corrected chi connectivity index (χ1v) is 11.8. The number of benzene rings is 2. The van der Waals surface area contributed by atoms with E-state index in [0.29, 0.717) is 39.5 Å². The molecule has 178 valence electrons. The summed E-state index contributed by atoms with van der Waals surface area (Å²) in [6, 6.07) is 11.7. The third kappa shape index (κ3) is 3.68. The van der Waals surface area contributed by atoms with E-state index < -0.39 is 11.3 Å². The van der Waals surface area contributed by atoms with Gasteiger partial charge < -0.3 is 15.0 Å². The van der Waals surface area contributed by atoms with Gasteiger partial charge in [-0.3, -0.25) is 9.78 Å². The number of pyridine rings is 1. The summed E-state index contributed by atoms with van der Waals surface area (Å²) in [5.41, 5.74) is 8.00. The summed E-state index contributed by atoms with van der Waals surface area (Å²) in [4.78, 5) is 17.5. The lowest BCUT2D eigenvalue weighted by Gasteiger charge is -2.36. The lowest BCUT2D eigenvalue weighted by atomic mass is 9.68. The summed E-state index contributed by atoms with van der Waals surface area (Å²) < 4.78 is 21.3. The number of methoxy groups -OCH3 is 1. The second kappa shape index (κ2) is 8.86. The predicted octanol–water partition coefficient (Wildman–Crippen LogP) is 6.35. The van der Waals surface area contributed by atoms with Crippen LogP contribution in [-0.4, -0.2) is 22.6 Å². The highest BCUT2D eigenvalue weighted by atomic mass is 35.5. The topological polar surface area (TPSA) is 70.1 Å². The van der Waals surface area contributed by atoms with E-state index in [1.165, 1.54) is 24.5 Å². The minimum Gasteiger partial charge on any atom is -0.495 e. The average Bonchev–Trinajstić information content (AvgIpc) is 3.14. The van der Waals surface area contributed by atoms with Crippen LogP contribution in [-0.2, 0) is 21.5 Å². The molecule has 35 heavy (non-hydrogen) atoms. The standard InChI is InChI=1S/C26H19Cl3FN3O2/c1-35-21-8-9-26(25(31)34,23-18(28)11-32-12-19(23)29)22-17-10-15(27)4-7-20(17)33(24(21)22)13-14-2-5-16(30)6-3-14/h2-8,10-12H,9,13H2,1H3,(H2,31,34). The van der Waals surface area contributed by atoms with Gasteiger partial charge in [0.1, 0.15) is 17.0 Å². The first kappa shape index (κ1) is 23.7. The van der Waals surface area contributed by atoms with Crippen LogP contribution in [0.5, 0.6) is 0 Å². The number of fused-ring (bicyclic) bond motifs is 3.